The third-order valence-electron chi connectivity index (χ3n) is 7.46. The lowest BCUT2D eigenvalue weighted by atomic mass is 9.88. The molecule has 0 saturated carbocycles. The minimum atomic E-state index is -0.828. The fourth-order valence-electron chi connectivity index (χ4n) is 5.83. The minimum Gasteiger partial charge on any atom is -0.391 e. The maximum atomic E-state index is 6.44. The molecule has 1 aliphatic rings. The van der Waals surface area contributed by atoms with Crippen LogP contribution in [0.15, 0.2) is 133 Å². The summed E-state index contributed by atoms with van der Waals surface area (Å²) in [5.41, 5.74) is 7.41. The molecule has 1 aliphatic heterocycles. The zero-order chi connectivity index (χ0) is 25.1. The van der Waals surface area contributed by atoms with Crippen LogP contribution in [0.25, 0.3) is 33.2 Å². The van der Waals surface area contributed by atoms with Crippen molar-refractivity contribution in [2.75, 3.05) is 0 Å². The molecule has 5 nitrogen and oxygen atoms in total. The Balaban J connectivity index is 1.52. The first-order valence-electron chi connectivity index (χ1n) is 12.7. The molecule has 0 aliphatic carbocycles. The van der Waals surface area contributed by atoms with E-state index in [2.05, 4.69) is 100 Å². The molecule has 0 saturated heterocycles. The van der Waals surface area contributed by atoms with E-state index in [0.717, 1.165) is 38.8 Å². The Morgan fingerprint density at radius 1 is 0.447 bits per heavy atom. The quantitative estimate of drug-likeness (QED) is 0.258. The summed E-state index contributed by atoms with van der Waals surface area (Å²) in [5.74, 6) is 0. The summed E-state index contributed by atoms with van der Waals surface area (Å²) >= 11 is 0. The Labute approximate surface area is 219 Å². The molecular formula is C33H22N4O. The van der Waals surface area contributed by atoms with Crippen LogP contribution in [-0.2, 0) is 5.66 Å². The number of aromatic nitrogens is 4. The highest BCUT2D eigenvalue weighted by atomic mass is 16.5. The van der Waals surface area contributed by atoms with Crippen molar-refractivity contribution in [3.05, 3.63) is 145 Å². The predicted octanol–water partition coefficient (Wildman–Crippen LogP) is 7.46. The molecule has 2 aromatic heterocycles. The van der Waals surface area contributed by atoms with Gasteiger partial charge in [-0.2, -0.15) is 9.97 Å². The summed E-state index contributed by atoms with van der Waals surface area (Å²) < 4.78 is 10.9. The van der Waals surface area contributed by atoms with E-state index in [9.17, 15) is 0 Å². The van der Waals surface area contributed by atoms with Crippen LogP contribution in [-0.4, -0.2) is 19.1 Å². The lowest BCUT2D eigenvalue weighted by Gasteiger charge is -2.42. The lowest BCUT2D eigenvalue weighted by molar-refractivity contribution is 0.235. The fraction of sp³-hybridized carbons (Fsp3) is 0.0303. The number of fused-ring (bicyclic) bond motifs is 6. The van der Waals surface area contributed by atoms with Gasteiger partial charge in [0.05, 0.1) is 22.1 Å². The first-order valence-corrected chi connectivity index (χ1v) is 12.7. The highest BCUT2D eigenvalue weighted by Gasteiger charge is 2.48. The van der Waals surface area contributed by atoms with Crippen molar-refractivity contribution in [2.45, 2.75) is 5.66 Å². The van der Waals surface area contributed by atoms with Crippen LogP contribution in [0, 0.1) is 0 Å². The van der Waals surface area contributed by atoms with Gasteiger partial charge in [-0.1, -0.05) is 109 Å². The Bertz CT molecular complexity index is 1860. The molecular weight excluding hydrogens is 468 g/mol. The molecule has 180 valence electrons. The van der Waals surface area contributed by atoms with Crippen LogP contribution in [0.2, 0.25) is 0 Å². The van der Waals surface area contributed by atoms with Crippen molar-refractivity contribution in [2.24, 2.45) is 0 Å². The number of imidazole rings is 2. The van der Waals surface area contributed by atoms with Crippen molar-refractivity contribution in [3.63, 3.8) is 0 Å². The second-order valence-corrected chi connectivity index (χ2v) is 9.52. The molecule has 0 spiro atoms. The Kier molecular flexibility index (Phi) is 4.37. The topological polar surface area (TPSA) is 44.9 Å². The smallest absolute Gasteiger partial charge is 0.307 e. The summed E-state index contributed by atoms with van der Waals surface area (Å²) in [6.07, 6.45) is 0. The molecule has 8 rings (SSSR count). The Hall–Kier alpha value is -5.16. The van der Waals surface area contributed by atoms with E-state index in [1.165, 1.54) is 5.56 Å². The number of ether oxygens (including phenoxy) is 1. The largest absolute Gasteiger partial charge is 0.391 e. The van der Waals surface area contributed by atoms with Crippen LogP contribution < -0.4 is 4.74 Å². The van der Waals surface area contributed by atoms with E-state index in [4.69, 9.17) is 14.7 Å². The number of para-hydroxylation sites is 4. The van der Waals surface area contributed by atoms with E-state index >= 15 is 0 Å². The highest BCUT2D eigenvalue weighted by Crippen LogP contribution is 2.49. The Morgan fingerprint density at radius 2 is 0.895 bits per heavy atom. The van der Waals surface area contributed by atoms with Crippen LogP contribution in [0.4, 0.5) is 0 Å². The predicted molar refractivity (Wildman–Crippen MR) is 149 cm³/mol. The zero-order valence-electron chi connectivity index (χ0n) is 20.4. The summed E-state index contributed by atoms with van der Waals surface area (Å²) in [7, 11) is 0. The van der Waals surface area contributed by atoms with Gasteiger partial charge < -0.3 is 4.74 Å². The second-order valence-electron chi connectivity index (χ2n) is 9.52. The second kappa shape index (κ2) is 7.92. The van der Waals surface area contributed by atoms with Crippen molar-refractivity contribution >= 4 is 22.1 Å². The fourth-order valence-corrected chi connectivity index (χ4v) is 5.83. The number of hydrogen-bond acceptors (Lipinski definition) is 3. The first-order chi connectivity index (χ1) is 18.8. The van der Waals surface area contributed by atoms with E-state index in [0.29, 0.717) is 12.0 Å². The van der Waals surface area contributed by atoms with Gasteiger partial charge in [0.25, 0.3) is 0 Å². The van der Waals surface area contributed by atoms with Gasteiger partial charge in [-0.3, -0.25) is 9.13 Å². The van der Waals surface area contributed by atoms with Crippen LogP contribution in [0.1, 0.15) is 11.1 Å². The van der Waals surface area contributed by atoms with Gasteiger partial charge in [0.2, 0.25) is 0 Å². The third kappa shape index (κ3) is 2.81. The summed E-state index contributed by atoms with van der Waals surface area (Å²) in [4.78, 5) is 9.84. The molecule has 5 aromatic carbocycles. The van der Waals surface area contributed by atoms with Crippen LogP contribution >= 0.6 is 0 Å². The van der Waals surface area contributed by atoms with Gasteiger partial charge in [-0.25, -0.2) is 0 Å². The monoisotopic (exact) mass is 490 g/mol. The molecule has 0 N–H and O–H groups in total. The van der Waals surface area contributed by atoms with E-state index in [-0.39, 0.29) is 0 Å². The maximum absolute atomic E-state index is 6.44. The van der Waals surface area contributed by atoms with Gasteiger partial charge in [-0.15, -0.1) is 0 Å². The van der Waals surface area contributed by atoms with Crippen LogP contribution in [0.3, 0.4) is 0 Å². The van der Waals surface area contributed by atoms with Crippen molar-refractivity contribution < 1.29 is 4.74 Å². The number of benzene rings is 5. The van der Waals surface area contributed by atoms with Gasteiger partial charge >= 0.3 is 12.0 Å². The van der Waals surface area contributed by atoms with Crippen molar-refractivity contribution in [3.8, 4) is 23.1 Å². The Morgan fingerprint density at radius 3 is 1.47 bits per heavy atom. The molecule has 5 heteroatoms. The number of hydrogen-bond donors (Lipinski definition) is 0. The van der Waals surface area contributed by atoms with Gasteiger partial charge in [0.15, 0.2) is 5.66 Å². The number of rotatable bonds is 3. The lowest BCUT2D eigenvalue weighted by Crippen LogP contribution is -2.46. The average Bonchev–Trinajstić information content (AvgIpc) is 3.55. The summed E-state index contributed by atoms with van der Waals surface area (Å²) in [6.45, 7) is 0. The normalized spacial score (nSPS) is 13.7. The standard InChI is InChI=1S/C33H22N4O/c1-3-11-23(12-4-1)24-19-21-26(22-20-24)33(25-13-5-2-6-14-25)36-29-17-9-7-15-27(29)34-31(36)38-32-35-28-16-8-10-18-30(28)37(32)33/h1-22H. The van der Waals surface area contributed by atoms with Gasteiger partial charge in [-0.05, 0) is 35.4 Å². The molecule has 0 fully saturated rings. The third-order valence-corrected chi connectivity index (χ3v) is 7.46. The molecule has 0 amide bonds. The summed E-state index contributed by atoms with van der Waals surface area (Å²) in [6, 6.07) is 47.3. The first kappa shape index (κ1) is 21.0. The molecule has 0 atom stereocenters. The highest BCUT2D eigenvalue weighted by molar-refractivity contribution is 5.82. The van der Waals surface area contributed by atoms with Gasteiger partial charge in [0, 0.05) is 11.1 Å². The zero-order valence-corrected chi connectivity index (χ0v) is 20.4. The van der Waals surface area contributed by atoms with Crippen LogP contribution in [0.5, 0.6) is 12.0 Å². The van der Waals surface area contributed by atoms with E-state index < -0.39 is 5.66 Å². The number of nitrogens with zero attached hydrogens (tertiary/aromatic N) is 4. The molecule has 0 unspecified atom stereocenters. The molecule has 3 heterocycles. The average molecular weight is 491 g/mol. The molecule has 0 radical (unpaired) electrons. The molecule has 38 heavy (non-hydrogen) atoms. The SMILES string of the molecule is c1ccc(-c2ccc(C3(c4ccccc4)n4c(nc5ccccc54)Oc4nc5ccccc5n43)cc2)cc1. The maximum Gasteiger partial charge on any atom is 0.307 e. The van der Waals surface area contributed by atoms with E-state index in [1.54, 1.807) is 0 Å². The van der Waals surface area contributed by atoms with Crippen molar-refractivity contribution in [1.29, 1.82) is 0 Å². The van der Waals surface area contributed by atoms with Gasteiger partial charge in [0.1, 0.15) is 0 Å². The minimum absolute atomic E-state index is 0.519. The summed E-state index contributed by atoms with van der Waals surface area (Å²) in [5, 5.41) is 0. The van der Waals surface area contributed by atoms with E-state index in [1.807, 2.05) is 42.5 Å². The van der Waals surface area contributed by atoms with Crippen molar-refractivity contribution in [1.82, 2.24) is 19.1 Å². The molecule has 0 bridgehead atoms. The molecule has 7 aromatic rings.